The Bertz CT molecular complexity index is 939. The first kappa shape index (κ1) is 15.6. The number of carbonyl (C=O) groups is 1. The van der Waals surface area contributed by atoms with E-state index in [1.807, 2.05) is 37.3 Å². The van der Waals surface area contributed by atoms with Crippen LogP contribution in [0.3, 0.4) is 0 Å². The highest BCUT2D eigenvalue weighted by molar-refractivity contribution is 9.10. The number of nitrogens with one attached hydrogen (secondary N) is 1. The number of hydrogen-bond acceptors (Lipinski definition) is 2. The predicted octanol–water partition coefficient (Wildman–Crippen LogP) is 3.37. The van der Waals surface area contributed by atoms with Crippen molar-refractivity contribution < 1.29 is 4.79 Å². The SMILES string of the molecule is CCn1ccc2c(cc(C(=O)Nc3ccc(Br)cc3)n2C)c1=O. The number of aromatic nitrogens is 2. The summed E-state index contributed by atoms with van der Waals surface area (Å²) in [5, 5.41) is 3.40. The number of amides is 1. The van der Waals surface area contributed by atoms with E-state index >= 15 is 0 Å². The number of rotatable bonds is 3. The van der Waals surface area contributed by atoms with Crippen molar-refractivity contribution in [3.63, 3.8) is 0 Å². The minimum atomic E-state index is -0.242. The van der Waals surface area contributed by atoms with E-state index in [4.69, 9.17) is 0 Å². The van der Waals surface area contributed by atoms with Crippen molar-refractivity contribution in [2.45, 2.75) is 13.5 Å². The minimum absolute atomic E-state index is 0.0803. The Labute approximate surface area is 141 Å². The van der Waals surface area contributed by atoms with Gasteiger partial charge < -0.3 is 14.5 Å². The monoisotopic (exact) mass is 373 g/mol. The summed E-state index contributed by atoms with van der Waals surface area (Å²) in [6, 6.07) is 10.9. The van der Waals surface area contributed by atoms with Crippen LogP contribution in [0.4, 0.5) is 5.69 Å². The van der Waals surface area contributed by atoms with Crippen LogP contribution >= 0.6 is 15.9 Å². The summed E-state index contributed by atoms with van der Waals surface area (Å²) in [6.45, 7) is 2.52. The molecule has 0 saturated carbocycles. The van der Waals surface area contributed by atoms with Crippen LogP contribution in [-0.4, -0.2) is 15.0 Å². The van der Waals surface area contributed by atoms with Gasteiger partial charge in [0.05, 0.1) is 10.9 Å². The van der Waals surface area contributed by atoms with E-state index in [0.29, 0.717) is 23.3 Å². The summed E-state index contributed by atoms with van der Waals surface area (Å²) in [4.78, 5) is 24.9. The lowest BCUT2D eigenvalue weighted by Gasteiger charge is -2.07. The van der Waals surface area contributed by atoms with E-state index in [-0.39, 0.29) is 11.5 Å². The summed E-state index contributed by atoms with van der Waals surface area (Å²) in [5.41, 5.74) is 1.83. The Morgan fingerprint density at radius 1 is 1.22 bits per heavy atom. The lowest BCUT2D eigenvalue weighted by molar-refractivity contribution is 0.102. The number of fused-ring (bicyclic) bond motifs is 1. The molecule has 0 spiro atoms. The van der Waals surface area contributed by atoms with Gasteiger partial charge in [0.2, 0.25) is 0 Å². The van der Waals surface area contributed by atoms with E-state index in [1.165, 1.54) is 0 Å². The molecule has 0 aliphatic rings. The van der Waals surface area contributed by atoms with Crippen molar-refractivity contribution in [2.75, 3.05) is 5.32 Å². The van der Waals surface area contributed by atoms with Crippen molar-refractivity contribution in [3.8, 4) is 0 Å². The fourth-order valence-electron chi connectivity index (χ4n) is 2.57. The fraction of sp³-hybridized carbons (Fsp3) is 0.176. The standard InChI is InChI=1S/C17H16BrN3O2/c1-3-21-9-8-14-13(17(21)23)10-15(20(14)2)16(22)19-12-6-4-11(18)5-7-12/h4-10H,3H2,1-2H3,(H,19,22). The average molecular weight is 374 g/mol. The molecule has 0 radical (unpaired) electrons. The molecule has 0 fully saturated rings. The second-order valence-corrected chi connectivity index (χ2v) is 6.17. The zero-order chi connectivity index (χ0) is 16.6. The van der Waals surface area contributed by atoms with Crippen LogP contribution in [0.15, 0.2) is 51.9 Å². The molecule has 0 aliphatic carbocycles. The first-order valence-corrected chi connectivity index (χ1v) is 8.06. The zero-order valence-electron chi connectivity index (χ0n) is 12.8. The van der Waals surface area contributed by atoms with Gasteiger partial charge in [0, 0.05) is 29.9 Å². The smallest absolute Gasteiger partial charge is 0.272 e. The van der Waals surface area contributed by atoms with Crippen LogP contribution in [0.25, 0.3) is 10.9 Å². The molecule has 5 nitrogen and oxygen atoms in total. The van der Waals surface area contributed by atoms with Gasteiger partial charge in [-0.3, -0.25) is 9.59 Å². The van der Waals surface area contributed by atoms with Gasteiger partial charge in [0.1, 0.15) is 5.69 Å². The molecule has 1 N–H and O–H groups in total. The summed E-state index contributed by atoms with van der Waals surface area (Å²) >= 11 is 3.36. The quantitative estimate of drug-likeness (QED) is 0.764. The van der Waals surface area contributed by atoms with E-state index in [2.05, 4.69) is 21.2 Å². The molecule has 118 valence electrons. The highest BCUT2D eigenvalue weighted by Crippen LogP contribution is 2.18. The predicted molar refractivity (Wildman–Crippen MR) is 94.9 cm³/mol. The number of hydrogen-bond donors (Lipinski definition) is 1. The highest BCUT2D eigenvalue weighted by Gasteiger charge is 2.16. The first-order valence-electron chi connectivity index (χ1n) is 7.27. The second-order valence-electron chi connectivity index (χ2n) is 5.26. The molecule has 0 aliphatic heterocycles. The first-order chi connectivity index (χ1) is 11.0. The average Bonchev–Trinajstić information content (AvgIpc) is 2.88. The molecular formula is C17H16BrN3O2. The number of pyridine rings is 1. The van der Waals surface area contributed by atoms with Crippen molar-refractivity contribution in [3.05, 3.63) is 63.1 Å². The van der Waals surface area contributed by atoms with Gasteiger partial charge in [-0.15, -0.1) is 0 Å². The molecule has 0 unspecified atom stereocenters. The maximum Gasteiger partial charge on any atom is 0.272 e. The summed E-state index contributed by atoms with van der Waals surface area (Å²) in [7, 11) is 1.79. The number of nitrogens with zero attached hydrogens (tertiary/aromatic N) is 2. The van der Waals surface area contributed by atoms with Gasteiger partial charge in [-0.1, -0.05) is 15.9 Å². The molecule has 1 aromatic carbocycles. The molecule has 2 aromatic heterocycles. The van der Waals surface area contributed by atoms with Crippen molar-refractivity contribution >= 4 is 38.4 Å². The van der Waals surface area contributed by atoms with Gasteiger partial charge >= 0.3 is 0 Å². The Morgan fingerprint density at radius 3 is 2.57 bits per heavy atom. The van der Waals surface area contributed by atoms with Crippen LogP contribution in [0.1, 0.15) is 17.4 Å². The largest absolute Gasteiger partial charge is 0.339 e. The molecular weight excluding hydrogens is 358 g/mol. The van der Waals surface area contributed by atoms with E-state index in [9.17, 15) is 9.59 Å². The third kappa shape index (κ3) is 2.82. The molecule has 3 rings (SSSR count). The van der Waals surface area contributed by atoms with Gasteiger partial charge in [-0.2, -0.15) is 0 Å². The van der Waals surface area contributed by atoms with Crippen molar-refractivity contribution in [2.24, 2.45) is 7.05 Å². The molecule has 2 heterocycles. The third-order valence-electron chi connectivity index (χ3n) is 3.86. The number of halogens is 1. The Kier molecular flexibility index (Phi) is 4.09. The topological polar surface area (TPSA) is 56.0 Å². The second kappa shape index (κ2) is 6.04. The Morgan fingerprint density at radius 2 is 1.91 bits per heavy atom. The summed E-state index contributed by atoms with van der Waals surface area (Å²) in [6.07, 6.45) is 1.75. The van der Waals surface area contributed by atoms with Crippen LogP contribution in [0.2, 0.25) is 0 Å². The number of carbonyl (C=O) groups excluding carboxylic acids is 1. The zero-order valence-corrected chi connectivity index (χ0v) is 14.4. The van der Waals surface area contributed by atoms with Gasteiger partial charge in [0.25, 0.3) is 11.5 Å². The molecule has 3 aromatic rings. The normalized spacial score (nSPS) is 10.9. The number of anilines is 1. The van der Waals surface area contributed by atoms with Crippen LogP contribution < -0.4 is 10.9 Å². The van der Waals surface area contributed by atoms with E-state index in [1.54, 1.807) is 28.4 Å². The van der Waals surface area contributed by atoms with E-state index in [0.717, 1.165) is 9.99 Å². The van der Waals surface area contributed by atoms with E-state index < -0.39 is 0 Å². The number of aryl methyl sites for hydroxylation is 2. The molecule has 6 heteroatoms. The van der Waals surface area contributed by atoms with Crippen molar-refractivity contribution in [1.29, 1.82) is 0 Å². The Hall–Kier alpha value is -2.34. The lowest BCUT2D eigenvalue weighted by Crippen LogP contribution is -2.17. The Balaban J connectivity index is 2.00. The van der Waals surface area contributed by atoms with Crippen LogP contribution in [0, 0.1) is 0 Å². The lowest BCUT2D eigenvalue weighted by atomic mass is 10.3. The third-order valence-corrected chi connectivity index (χ3v) is 4.39. The molecule has 0 bridgehead atoms. The van der Waals surface area contributed by atoms with Crippen LogP contribution in [0.5, 0.6) is 0 Å². The minimum Gasteiger partial charge on any atom is -0.339 e. The molecule has 1 amide bonds. The maximum absolute atomic E-state index is 12.5. The van der Waals surface area contributed by atoms with Crippen molar-refractivity contribution in [1.82, 2.24) is 9.13 Å². The summed E-state index contributed by atoms with van der Waals surface area (Å²) < 4.78 is 4.31. The van der Waals surface area contributed by atoms with Gasteiger partial charge in [-0.05, 0) is 43.3 Å². The molecule has 0 atom stereocenters. The van der Waals surface area contributed by atoms with Crippen LogP contribution in [-0.2, 0) is 13.6 Å². The maximum atomic E-state index is 12.5. The highest BCUT2D eigenvalue weighted by atomic mass is 79.9. The number of benzene rings is 1. The van der Waals surface area contributed by atoms with Gasteiger partial charge in [-0.25, -0.2) is 0 Å². The fourth-order valence-corrected chi connectivity index (χ4v) is 2.83. The molecule has 0 saturated heterocycles. The summed E-state index contributed by atoms with van der Waals surface area (Å²) in [5.74, 6) is -0.242. The van der Waals surface area contributed by atoms with Gasteiger partial charge in [0.15, 0.2) is 0 Å². The molecule has 23 heavy (non-hydrogen) atoms.